The Morgan fingerprint density at radius 2 is 1.68 bits per heavy atom. The van der Waals surface area contributed by atoms with E-state index in [4.69, 9.17) is 26.3 Å². The van der Waals surface area contributed by atoms with Crippen molar-refractivity contribution in [2.45, 2.75) is 20.0 Å². The first kappa shape index (κ1) is 18.3. The molecule has 4 aromatic rings. The summed E-state index contributed by atoms with van der Waals surface area (Å²) in [4.78, 5) is 9.52. The number of ether oxygens (including phenoxy) is 1. The van der Waals surface area contributed by atoms with Crippen LogP contribution in [0.25, 0.3) is 22.3 Å². The molecular weight excluding hydrogens is 370 g/mol. The van der Waals surface area contributed by atoms with Gasteiger partial charge in [-0.2, -0.15) is 0 Å². The topological polar surface area (TPSA) is 47.0 Å². The van der Waals surface area contributed by atoms with E-state index in [-0.39, 0.29) is 6.10 Å². The molecule has 1 heterocycles. The fourth-order valence-corrected chi connectivity index (χ4v) is 3.15. The zero-order valence-corrected chi connectivity index (χ0v) is 16.4. The molecule has 0 unspecified atom stereocenters. The van der Waals surface area contributed by atoms with Gasteiger partial charge >= 0.3 is 0 Å². The molecule has 0 saturated carbocycles. The average molecular weight is 390 g/mol. The van der Waals surface area contributed by atoms with Crippen LogP contribution in [0, 0.1) is 0 Å². The summed E-state index contributed by atoms with van der Waals surface area (Å²) >= 11 is 6.12. The quantitative estimate of drug-likeness (QED) is 0.424. The standard InChI is InChI=1S/C23H20ClN3O/c1-15(2)28-19-12-10-16(11-13-19)22-26-21-9-4-3-8-20(21)23(27-22)25-18-7-5-6-17(24)14-18/h3-15H,1-2H3,(H,25,26,27). The monoisotopic (exact) mass is 389 g/mol. The van der Waals surface area contributed by atoms with Crippen LogP contribution in [0.3, 0.4) is 0 Å². The van der Waals surface area contributed by atoms with E-state index in [2.05, 4.69) is 5.32 Å². The highest BCUT2D eigenvalue weighted by atomic mass is 35.5. The molecule has 4 rings (SSSR count). The Labute approximate surface area is 169 Å². The highest BCUT2D eigenvalue weighted by Crippen LogP contribution is 2.29. The summed E-state index contributed by atoms with van der Waals surface area (Å²) in [5.41, 5.74) is 2.68. The summed E-state index contributed by atoms with van der Waals surface area (Å²) in [6, 6.07) is 23.4. The number of halogens is 1. The number of aromatic nitrogens is 2. The van der Waals surface area contributed by atoms with Crippen molar-refractivity contribution in [3.63, 3.8) is 0 Å². The van der Waals surface area contributed by atoms with Crippen molar-refractivity contribution in [2.75, 3.05) is 5.32 Å². The van der Waals surface area contributed by atoms with Crippen molar-refractivity contribution in [3.05, 3.63) is 77.8 Å². The van der Waals surface area contributed by atoms with Crippen LogP contribution in [-0.2, 0) is 0 Å². The summed E-state index contributed by atoms with van der Waals surface area (Å²) in [5, 5.41) is 5.00. The summed E-state index contributed by atoms with van der Waals surface area (Å²) in [6.45, 7) is 4.02. The first-order valence-electron chi connectivity index (χ1n) is 9.15. The van der Waals surface area contributed by atoms with Crippen LogP contribution in [0.15, 0.2) is 72.8 Å². The van der Waals surface area contributed by atoms with Crippen LogP contribution in [0.1, 0.15) is 13.8 Å². The number of nitrogens with one attached hydrogen (secondary N) is 1. The fraction of sp³-hybridized carbons (Fsp3) is 0.130. The van der Waals surface area contributed by atoms with E-state index < -0.39 is 0 Å². The lowest BCUT2D eigenvalue weighted by atomic mass is 10.1. The lowest BCUT2D eigenvalue weighted by molar-refractivity contribution is 0.242. The van der Waals surface area contributed by atoms with Gasteiger partial charge in [-0.3, -0.25) is 0 Å². The molecule has 0 atom stereocenters. The van der Waals surface area contributed by atoms with Crippen LogP contribution < -0.4 is 10.1 Å². The van der Waals surface area contributed by atoms with Crippen molar-refractivity contribution in [1.82, 2.24) is 9.97 Å². The number of para-hydroxylation sites is 1. The van der Waals surface area contributed by atoms with Gasteiger partial charge in [0.2, 0.25) is 0 Å². The molecule has 5 heteroatoms. The van der Waals surface area contributed by atoms with Gasteiger partial charge in [0.15, 0.2) is 5.82 Å². The number of rotatable bonds is 5. The number of hydrogen-bond acceptors (Lipinski definition) is 4. The van der Waals surface area contributed by atoms with Gasteiger partial charge in [-0.25, -0.2) is 9.97 Å². The molecule has 3 aromatic carbocycles. The van der Waals surface area contributed by atoms with Crippen LogP contribution >= 0.6 is 11.6 Å². The SMILES string of the molecule is CC(C)Oc1ccc(-c2nc(Nc3cccc(Cl)c3)c3ccccc3n2)cc1. The molecule has 0 bridgehead atoms. The minimum atomic E-state index is 0.135. The van der Waals surface area contributed by atoms with Gasteiger partial charge in [-0.15, -0.1) is 0 Å². The molecule has 4 nitrogen and oxygen atoms in total. The third kappa shape index (κ3) is 4.07. The van der Waals surface area contributed by atoms with Crippen LogP contribution in [-0.4, -0.2) is 16.1 Å². The molecule has 0 aliphatic heterocycles. The molecule has 0 saturated heterocycles. The minimum Gasteiger partial charge on any atom is -0.491 e. The number of nitrogens with zero attached hydrogens (tertiary/aromatic N) is 2. The molecule has 1 aromatic heterocycles. The second-order valence-corrected chi connectivity index (χ2v) is 7.18. The highest BCUT2D eigenvalue weighted by Gasteiger charge is 2.10. The Balaban J connectivity index is 1.75. The van der Waals surface area contributed by atoms with Gasteiger partial charge in [-0.1, -0.05) is 29.8 Å². The van der Waals surface area contributed by atoms with E-state index in [0.717, 1.165) is 33.7 Å². The van der Waals surface area contributed by atoms with Crippen LogP contribution in [0.2, 0.25) is 5.02 Å². The van der Waals surface area contributed by atoms with E-state index in [0.29, 0.717) is 10.8 Å². The maximum absolute atomic E-state index is 6.12. The summed E-state index contributed by atoms with van der Waals surface area (Å²) in [6.07, 6.45) is 0.135. The third-order valence-electron chi connectivity index (χ3n) is 4.17. The zero-order valence-electron chi connectivity index (χ0n) is 15.7. The molecule has 0 aliphatic carbocycles. The summed E-state index contributed by atoms with van der Waals surface area (Å²) in [5.74, 6) is 2.22. The lowest BCUT2D eigenvalue weighted by Gasteiger charge is -2.12. The molecule has 0 amide bonds. The number of fused-ring (bicyclic) bond motifs is 1. The number of hydrogen-bond donors (Lipinski definition) is 1. The second-order valence-electron chi connectivity index (χ2n) is 6.74. The second kappa shape index (κ2) is 7.87. The largest absolute Gasteiger partial charge is 0.491 e. The van der Waals surface area contributed by atoms with Crippen molar-refractivity contribution in [3.8, 4) is 17.1 Å². The molecule has 0 aliphatic rings. The number of benzene rings is 3. The van der Waals surface area contributed by atoms with Crippen molar-refractivity contribution < 1.29 is 4.74 Å². The molecule has 0 radical (unpaired) electrons. The maximum atomic E-state index is 6.12. The predicted molar refractivity (Wildman–Crippen MR) is 115 cm³/mol. The Morgan fingerprint density at radius 1 is 0.893 bits per heavy atom. The lowest BCUT2D eigenvalue weighted by Crippen LogP contribution is -2.05. The molecule has 0 fully saturated rings. The molecule has 28 heavy (non-hydrogen) atoms. The normalized spacial score (nSPS) is 11.0. The van der Waals surface area contributed by atoms with Crippen molar-refractivity contribution in [2.24, 2.45) is 0 Å². The van der Waals surface area contributed by atoms with Gasteiger partial charge in [0.1, 0.15) is 11.6 Å². The van der Waals surface area contributed by atoms with Crippen LogP contribution in [0.5, 0.6) is 5.75 Å². The molecule has 1 N–H and O–H groups in total. The number of anilines is 2. The molecular formula is C23H20ClN3O. The maximum Gasteiger partial charge on any atom is 0.162 e. The van der Waals surface area contributed by atoms with E-state index in [1.165, 1.54) is 0 Å². The molecule has 140 valence electrons. The van der Waals surface area contributed by atoms with Crippen molar-refractivity contribution in [1.29, 1.82) is 0 Å². The smallest absolute Gasteiger partial charge is 0.162 e. The Hall–Kier alpha value is -3.11. The first-order chi connectivity index (χ1) is 13.6. The summed E-state index contributed by atoms with van der Waals surface area (Å²) < 4.78 is 5.72. The van der Waals surface area contributed by atoms with Crippen molar-refractivity contribution >= 4 is 34.0 Å². The van der Waals surface area contributed by atoms with Crippen LogP contribution in [0.4, 0.5) is 11.5 Å². The van der Waals surface area contributed by atoms with E-state index in [1.807, 2.05) is 86.6 Å². The fourth-order valence-electron chi connectivity index (χ4n) is 2.96. The minimum absolute atomic E-state index is 0.135. The van der Waals surface area contributed by atoms with Gasteiger partial charge in [0, 0.05) is 21.7 Å². The molecule has 0 spiro atoms. The van der Waals surface area contributed by atoms with Gasteiger partial charge in [0.05, 0.1) is 11.6 Å². The predicted octanol–water partition coefficient (Wildman–Crippen LogP) is 6.48. The first-order valence-corrected chi connectivity index (χ1v) is 9.53. The Bertz CT molecular complexity index is 1110. The Morgan fingerprint density at radius 3 is 2.43 bits per heavy atom. The summed E-state index contributed by atoms with van der Waals surface area (Å²) in [7, 11) is 0. The van der Waals surface area contributed by atoms with Gasteiger partial charge in [0.25, 0.3) is 0 Å². The third-order valence-corrected chi connectivity index (χ3v) is 4.41. The van der Waals surface area contributed by atoms with Gasteiger partial charge < -0.3 is 10.1 Å². The van der Waals surface area contributed by atoms with E-state index in [1.54, 1.807) is 0 Å². The van der Waals surface area contributed by atoms with E-state index >= 15 is 0 Å². The van der Waals surface area contributed by atoms with Gasteiger partial charge in [-0.05, 0) is 68.4 Å². The zero-order chi connectivity index (χ0) is 19.5. The Kier molecular flexibility index (Phi) is 5.13. The average Bonchev–Trinajstić information content (AvgIpc) is 2.68. The van der Waals surface area contributed by atoms with E-state index in [9.17, 15) is 0 Å². The highest BCUT2D eigenvalue weighted by molar-refractivity contribution is 6.30.